The van der Waals surface area contributed by atoms with Gasteiger partial charge in [0.1, 0.15) is 5.78 Å². The van der Waals surface area contributed by atoms with E-state index in [1.807, 2.05) is 0 Å². The molecular weight excluding hydrogens is 250 g/mol. The van der Waals surface area contributed by atoms with Crippen molar-refractivity contribution in [3.63, 3.8) is 0 Å². The molecular formula is C9H10BrNOS. The number of likely N-dealkylation sites (tertiary alicyclic amines) is 1. The van der Waals surface area contributed by atoms with Crippen LogP contribution in [0, 0.1) is 0 Å². The Morgan fingerprint density at radius 3 is 2.92 bits per heavy atom. The van der Waals surface area contributed by atoms with Crippen molar-refractivity contribution in [1.82, 2.24) is 4.90 Å². The van der Waals surface area contributed by atoms with Gasteiger partial charge in [0.05, 0.1) is 10.3 Å². The third-order valence-electron chi connectivity index (χ3n) is 2.12. The maximum atomic E-state index is 11.0. The Kier molecular flexibility index (Phi) is 2.81. The van der Waals surface area contributed by atoms with Crippen LogP contribution in [0.25, 0.3) is 0 Å². The van der Waals surface area contributed by atoms with Gasteiger partial charge in [-0.2, -0.15) is 0 Å². The van der Waals surface area contributed by atoms with Crippen LogP contribution in [0.2, 0.25) is 0 Å². The summed E-state index contributed by atoms with van der Waals surface area (Å²) >= 11 is 5.17. The molecule has 0 spiro atoms. The van der Waals surface area contributed by atoms with Crippen molar-refractivity contribution in [2.24, 2.45) is 0 Å². The number of halogens is 1. The van der Waals surface area contributed by atoms with Crippen molar-refractivity contribution in [2.75, 3.05) is 13.1 Å². The van der Waals surface area contributed by atoms with Crippen molar-refractivity contribution in [2.45, 2.75) is 13.0 Å². The van der Waals surface area contributed by atoms with Gasteiger partial charge in [-0.15, -0.1) is 11.3 Å². The second kappa shape index (κ2) is 3.90. The third-order valence-corrected chi connectivity index (χ3v) is 3.72. The largest absolute Gasteiger partial charge is 0.298 e. The molecule has 13 heavy (non-hydrogen) atoms. The van der Waals surface area contributed by atoms with Crippen LogP contribution in [-0.4, -0.2) is 23.8 Å². The summed E-state index contributed by atoms with van der Waals surface area (Å²) in [6, 6.07) is 4.16. The van der Waals surface area contributed by atoms with Crippen molar-refractivity contribution in [1.29, 1.82) is 0 Å². The fourth-order valence-electron chi connectivity index (χ4n) is 1.48. The highest BCUT2D eigenvalue weighted by molar-refractivity contribution is 9.11. The number of hydrogen-bond donors (Lipinski definition) is 0. The lowest BCUT2D eigenvalue weighted by atomic mass is 10.4. The molecule has 1 saturated heterocycles. The minimum atomic E-state index is 0.371. The van der Waals surface area contributed by atoms with Crippen LogP contribution in [0.15, 0.2) is 15.9 Å². The highest BCUT2D eigenvalue weighted by Crippen LogP contribution is 2.23. The minimum absolute atomic E-state index is 0.371. The molecule has 1 aliphatic heterocycles. The summed E-state index contributed by atoms with van der Waals surface area (Å²) in [4.78, 5) is 14.5. The number of carbonyl (C=O) groups excluding carboxylic acids is 1. The first-order chi connectivity index (χ1) is 6.24. The summed E-state index contributed by atoms with van der Waals surface area (Å²) in [7, 11) is 0. The molecule has 0 unspecified atom stereocenters. The Bertz CT molecular complexity index is 323. The van der Waals surface area contributed by atoms with Crippen molar-refractivity contribution in [3.05, 3.63) is 20.8 Å². The first kappa shape index (κ1) is 9.37. The van der Waals surface area contributed by atoms with Crippen LogP contribution in [0.5, 0.6) is 0 Å². The summed E-state index contributed by atoms with van der Waals surface area (Å²) in [6.45, 7) is 2.48. The quantitative estimate of drug-likeness (QED) is 0.813. The zero-order chi connectivity index (χ0) is 9.26. The first-order valence-electron chi connectivity index (χ1n) is 4.22. The molecule has 0 N–H and O–H groups in total. The van der Waals surface area contributed by atoms with Crippen LogP contribution in [0.1, 0.15) is 11.3 Å². The summed E-state index contributed by atoms with van der Waals surface area (Å²) in [5.74, 6) is 0.371. The van der Waals surface area contributed by atoms with Gasteiger partial charge in [0, 0.05) is 24.4 Å². The second-order valence-electron chi connectivity index (χ2n) is 3.21. The van der Waals surface area contributed by atoms with Gasteiger partial charge in [0.2, 0.25) is 0 Å². The van der Waals surface area contributed by atoms with Gasteiger partial charge in [-0.25, -0.2) is 0 Å². The molecule has 4 heteroatoms. The lowest BCUT2D eigenvalue weighted by Crippen LogP contribution is -2.19. The molecule has 0 aromatic carbocycles. The van der Waals surface area contributed by atoms with Gasteiger partial charge < -0.3 is 0 Å². The summed E-state index contributed by atoms with van der Waals surface area (Å²) in [5.41, 5.74) is 0. The average molecular weight is 260 g/mol. The normalized spacial score (nSPS) is 18.4. The first-order valence-corrected chi connectivity index (χ1v) is 5.83. The molecule has 1 aromatic rings. The maximum Gasteiger partial charge on any atom is 0.148 e. The van der Waals surface area contributed by atoms with Gasteiger partial charge >= 0.3 is 0 Å². The molecule has 70 valence electrons. The van der Waals surface area contributed by atoms with E-state index in [-0.39, 0.29) is 0 Å². The fourth-order valence-corrected chi connectivity index (χ4v) is 3.01. The monoisotopic (exact) mass is 259 g/mol. The van der Waals surface area contributed by atoms with Crippen LogP contribution in [0.4, 0.5) is 0 Å². The van der Waals surface area contributed by atoms with Crippen molar-refractivity contribution < 1.29 is 4.79 Å². The Hall–Kier alpha value is -0.190. The molecule has 1 aliphatic rings. The number of thiophene rings is 1. The zero-order valence-electron chi connectivity index (χ0n) is 7.12. The number of ketones is 1. The molecule has 0 aliphatic carbocycles. The number of nitrogens with zero attached hydrogens (tertiary/aromatic N) is 1. The topological polar surface area (TPSA) is 20.3 Å². The van der Waals surface area contributed by atoms with Gasteiger partial charge in [-0.3, -0.25) is 9.69 Å². The molecule has 0 bridgehead atoms. The highest BCUT2D eigenvalue weighted by Gasteiger charge is 2.19. The predicted molar refractivity (Wildman–Crippen MR) is 56.9 cm³/mol. The number of hydrogen-bond acceptors (Lipinski definition) is 3. The van der Waals surface area contributed by atoms with E-state index in [2.05, 4.69) is 33.0 Å². The van der Waals surface area contributed by atoms with Gasteiger partial charge in [-0.05, 0) is 28.1 Å². The van der Waals surface area contributed by atoms with E-state index in [1.165, 1.54) is 4.88 Å². The minimum Gasteiger partial charge on any atom is -0.298 e. The molecule has 2 rings (SSSR count). The fraction of sp³-hybridized carbons (Fsp3) is 0.444. The maximum absolute atomic E-state index is 11.0. The van der Waals surface area contributed by atoms with Crippen LogP contribution >= 0.6 is 27.3 Å². The Morgan fingerprint density at radius 2 is 2.38 bits per heavy atom. The standard InChI is InChI=1S/C9H10BrNOS/c10-9-2-1-8(13-9)6-11-4-3-7(12)5-11/h1-2H,3-6H2. The van der Waals surface area contributed by atoms with Crippen molar-refractivity contribution in [3.8, 4) is 0 Å². The van der Waals surface area contributed by atoms with Gasteiger partial charge in [0.25, 0.3) is 0 Å². The van der Waals surface area contributed by atoms with E-state index in [9.17, 15) is 4.79 Å². The van der Waals surface area contributed by atoms with Crippen LogP contribution < -0.4 is 0 Å². The number of rotatable bonds is 2. The van der Waals surface area contributed by atoms with E-state index in [4.69, 9.17) is 0 Å². The number of carbonyl (C=O) groups is 1. The second-order valence-corrected chi connectivity index (χ2v) is 5.75. The van der Waals surface area contributed by atoms with E-state index < -0.39 is 0 Å². The van der Waals surface area contributed by atoms with E-state index in [1.54, 1.807) is 11.3 Å². The van der Waals surface area contributed by atoms with Gasteiger partial charge in [0.15, 0.2) is 0 Å². The van der Waals surface area contributed by atoms with Crippen LogP contribution in [0.3, 0.4) is 0 Å². The molecule has 1 aromatic heterocycles. The number of Topliss-reactive ketones (excluding diaryl/α,β-unsaturated/α-hetero) is 1. The summed E-state index contributed by atoms with van der Waals surface area (Å²) < 4.78 is 1.16. The molecule has 2 heterocycles. The predicted octanol–water partition coefficient (Wildman–Crippen LogP) is 2.29. The van der Waals surface area contributed by atoms with Crippen LogP contribution in [-0.2, 0) is 11.3 Å². The highest BCUT2D eigenvalue weighted by atomic mass is 79.9. The molecule has 0 atom stereocenters. The molecule has 0 amide bonds. The molecule has 0 radical (unpaired) electrons. The Balaban J connectivity index is 1.95. The van der Waals surface area contributed by atoms with Gasteiger partial charge in [-0.1, -0.05) is 0 Å². The van der Waals surface area contributed by atoms with Crippen molar-refractivity contribution >= 4 is 33.0 Å². The Morgan fingerprint density at radius 1 is 1.54 bits per heavy atom. The average Bonchev–Trinajstić information content (AvgIpc) is 2.62. The Labute approximate surface area is 89.7 Å². The smallest absolute Gasteiger partial charge is 0.148 e. The van der Waals surface area contributed by atoms with E-state index in [0.717, 1.165) is 23.3 Å². The summed E-state index contributed by atoms with van der Waals surface area (Å²) in [6.07, 6.45) is 0.729. The third kappa shape index (κ3) is 2.39. The lowest BCUT2D eigenvalue weighted by Gasteiger charge is -2.10. The SMILES string of the molecule is O=C1CCN(Cc2ccc(Br)s2)C1. The molecule has 0 saturated carbocycles. The summed E-state index contributed by atoms with van der Waals surface area (Å²) in [5, 5.41) is 0. The zero-order valence-corrected chi connectivity index (χ0v) is 9.53. The molecule has 2 nitrogen and oxygen atoms in total. The lowest BCUT2D eigenvalue weighted by molar-refractivity contribution is -0.116. The van der Waals surface area contributed by atoms with E-state index in [0.29, 0.717) is 12.3 Å². The molecule has 1 fully saturated rings. The van der Waals surface area contributed by atoms with E-state index >= 15 is 0 Å².